The SMILES string of the molecule is CC1C=C(C2=CC3c4ccc(N(c5ccc6c(c5)C(C)(C)C5=C6CCC=C5)c5ccc6c(c5)C(C)(C)C5=C6CCC=C5)cc4OC3C=C2)C=CC1. The number of benzene rings is 3. The van der Waals surface area contributed by atoms with Gasteiger partial charge in [0.15, 0.2) is 0 Å². The zero-order valence-electron chi connectivity index (χ0n) is 30.6. The van der Waals surface area contributed by atoms with Crippen LogP contribution in [-0.2, 0) is 10.8 Å². The Bertz CT molecular complexity index is 2190. The lowest BCUT2D eigenvalue weighted by molar-refractivity contribution is 0.268. The van der Waals surface area contributed by atoms with E-state index in [1.807, 2.05) is 0 Å². The van der Waals surface area contributed by atoms with E-state index in [4.69, 9.17) is 4.74 Å². The maximum atomic E-state index is 6.75. The fourth-order valence-corrected chi connectivity index (χ4v) is 10.2. The molecule has 3 aromatic carbocycles. The van der Waals surface area contributed by atoms with Gasteiger partial charge in [0.1, 0.15) is 11.9 Å². The molecule has 2 nitrogen and oxygen atoms in total. The van der Waals surface area contributed by atoms with Gasteiger partial charge in [-0.25, -0.2) is 0 Å². The second kappa shape index (κ2) is 11.1. The first-order chi connectivity index (χ1) is 24.7. The zero-order chi connectivity index (χ0) is 34.6. The Hall–Kier alpha value is -4.82. The molecule has 10 rings (SSSR count). The molecular formula is C49H47NO. The zero-order valence-corrected chi connectivity index (χ0v) is 30.6. The van der Waals surface area contributed by atoms with Gasteiger partial charge in [0.05, 0.1) is 0 Å². The minimum Gasteiger partial charge on any atom is -0.485 e. The lowest BCUT2D eigenvalue weighted by Crippen LogP contribution is -2.19. The van der Waals surface area contributed by atoms with Gasteiger partial charge in [-0.15, -0.1) is 0 Å². The maximum absolute atomic E-state index is 6.75. The summed E-state index contributed by atoms with van der Waals surface area (Å²) in [5.74, 6) is 1.78. The third-order valence-corrected chi connectivity index (χ3v) is 12.9. The number of hydrogen-bond acceptors (Lipinski definition) is 2. The fourth-order valence-electron chi connectivity index (χ4n) is 10.2. The molecule has 1 heterocycles. The summed E-state index contributed by atoms with van der Waals surface area (Å²) in [6, 6.07) is 21.4. The first-order valence-electron chi connectivity index (χ1n) is 19.2. The van der Waals surface area contributed by atoms with Crippen molar-refractivity contribution < 1.29 is 4.74 Å². The summed E-state index contributed by atoms with van der Waals surface area (Å²) in [5, 5.41) is 0. The van der Waals surface area contributed by atoms with E-state index < -0.39 is 0 Å². The fraction of sp³-hybridized carbons (Fsp3) is 0.306. The minimum atomic E-state index is -0.0353. The molecule has 0 saturated carbocycles. The van der Waals surface area contributed by atoms with Gasteiger partial charge in [0.2, 0.25) is 0 Å². The van der Waals surface area contributed by atoms with Crippen molar-refractivity contribution in [1.82, 2.24) is 0 Å². The number of nitrogens with zero attached hydrogens (tertiary/aromatic N) is 1. The van der Waals surface area contributed by atoms with Crippen LogP contribution in [0.4, 0.5) is 17.1 Å². The molecule has 0 saturated heterocycles. The van der Waals surface area contributed by atoms with E-state index in [9.17, 15) is 0 Å². The van der Waals surface area contributed by atoms with Crippen molar-refractivity contribution in [1.29, 1.82) is 0 Å². The monoisotopic (exact) mass is 665 g/mol. The van der Waals surface area contributed by atoms with Crippen LogP contribution >= 0.6 is 0 Å². The summed E-state index contributed by atoms with van der Waals surface area (Å²) in [4.78, 5) is 2.48. The first kappa shape index (κ1) is 31.0. The van der Waals surface area contributed by atoms with Crippen LogP contribution in [0.15, 0.2) is 138 Å². The molecule has 0 radical (unpaired) electrons. The predicted molar refractivity (Wildman–Crippen MR) is 213 cm³/mol. The largest absolute Gasteiger partial charge is 0.485 e. The van der Waals surface area contributed by atoms with E-state index in [-0.39, 0.29) is 22.9 Å². The van der Waals surface area contributed by atoms with Gasteiger partial charge in [-0.2, -0.15) is 0 Å². The molecule has 0 spiro atoms. The molecule has 3 atom stereocenters. The molecule has 0 aromatic heterocycles. The van der Waals surface area contributed by atoms with E-state index >= 15 is 0 Å². The van der Waals surface area contributed by atoms with E-state index in [2.05, 4.69) is 155 Å². The summed E-state index contributed by atoms with van der Waals surface area (Å²) >= 11 is 0. The molecule has 0 amide bonds. The normalized spacial score (nSPS) is 25.4. The molecule has 7 aliphatic rings. The highest BCUT2D eigenvalue weighted by Gasteiger charge is 2.40. The van der Waals surface area contributed by atoms with E-state index in [0.29, 0.717) is 5.92 Å². The van der Waals surface area contributed by atoms with E-state index in [1.165, 1.54) is 72.6 Å². The number of ether oxygens (including phenoxy) is 1. The van der Waals surface area contributed by atoms with Crippen LogP contribution in [-0.4, -0.2) is 6.10 Å². The lowest BCUT2D eigenvalue weighted by atomic mass is 9.79. The molecule has 0 bridgehead atoms. The molecule has 0 fully saturated rings. The number of fused-ring (bicyclic) bond motifs is 7. The number of hydrogen-bond donors (Lipinski definition) is 0. The number of rotatable bonds is 4. The third kappa shape index (κ3) is 4.61. The summed E-state index contributed by atoms with van der Waals surface area (Å²) in [6.45, 7) is 11.9. The highest BCUT2D eigenvalue weighted by atomic mass is 16.5. The van der Waals surface area contributed by atoms with E-state index in [0.717, 1.165) is 43.5 Å². The summed E-state index contributed by atoms with van der Waals surface area (Å²) in [5.41, 5.74) is 19.1. The highest BCUT2D eigenvalue weighted by Crippen LogP contribution is 2.55. The van der Waals surface area contributed by atoms with Crippen LogP contribution in [0.5, 0.6) is 5.75 Å². The standard InChI is InChI=1S/C49H47NO/c1-30-11-10-12-31(25-30)32-17-24-46-41(26-32)40-23-20-35(29-47(40)51-46)50(33-18-21-38-36-13-6-8-15-42(36)48(2,3)44(38)27-33)34-19-22-39-37-14-7-9-16-43(37)49(4,5)45(39)28-34/h8-10,12,15-30,41,46H,6-7,11,13-14H2,1-5H3. The Labute approximate surface area is 303 Å². The summed E-state index contributed by atoms with van der Waals surface area (Å²) in [6.07, 6.45) is 29.1. The Balaban J connectivity index is 1.09. The van der Waals surface area contributed by atoms with E-state index in [1.54, 1.807) is 0 Å². The topological polar surface area (TPSA) is 12.5 Å². The Morgan fingerprint density at radius 2 is 1.24 bits per heavy atom. The first-order valence-corrected chi connectivity index (χ1v) is 19.2. The van der Waals surface area contributed by atoms with Gasteiger partial charge in [-0.3, -0.25) is 0 Å². The van der Waals surface area contributed by atoms with Crippen molar-refractivity contribution >= 4 is 28.2 Å². The van der Waals surface area contributed by atoms with Gasteiger partial charge >= 0.3 is 0 Å². The van der Waals surface area contributed by atoms with Gasteiger partial charge in [-0.1, -0.05) is 108 Å². The number of anilines is 3. The van der Waals surface area contributed by atoms with Crippen molar-refractivity contribution in [2.24, 2.45) is 5.92 Å². The van der Waals surface area contributed by atoms with Gasteiger partial charge in [-0.05, 0) is 130 Å². The minimum absolute atomic E-state index is 0.0236. The Morgan fingerprint density at radius 3 is 1.86 bits per heavy atom. The molecular weight excluding hydrogens is 619 g/mol. The Morgan fingerprint density at radius 1 is 0.647 bits per heavy atom. The molecule has 6 aliphatic carbocycles. The maximum Gasteiger partial charge on any atom is 0.128 e. The van der Waals surface area contributed by atoms with Crippen LogP contribution in [0.3, 0.4) is 0 Å². The lowest BCUT2D eigenvalue weighted by Gasteiger charge is -2.30. The van der Waals surface area contributed by atoms with Crippen LogP contribution in [0.2, 0.25) is 0 Å². The van der Waals surface area contributed by atoms with Crippen LogP contribution in [0, 0.1) is 5.92 Å². The van der Waals surface area contributed by atoms with Crippen LogP contribution in [0.25, 0.3) is 11.1 Å². The smallest absolute Gasteiger partial charge is 0.128 e. The van der Waals surface area contributed by atoms with Crippen molar-refractivity contribution in [3.05, 3.63) is 165 Å². The average molecular weight is 666 g/mol. The molecule has 51 heavy (non-hydrogen) atoms. The molecule has 0 N–H and O–H groups in total. The quantitative estimate of drug-likeness (QED) is 0.275. The molecule has 3 unspecified atom stereocenters. The van der Waals surface area contributed by atoms with Crippen molar-refractivity contribution in [3.8, 4) is 5.75 Å². The predicted octanol–water partition coefficient (Wildman–Crippen LogP) is 12.8. The molecule has 2 heteroatoms. The van der Waals surface area contributed by atoms with Gasteiger partial charge in [0, 0.05) is 45.4 Å². The van der Waals surface area contributed by atoms with Crippen LogP contribution in [0.1, 0.15) is 100 Å². The van der Waals surface area contributed by atoms with Crippen molar-refractivity contribution in [2.45, 2.75) is 89.6 Å². The van der Waals surface area contributed by atoms with Crippen LogP contribution < -0.4 is 9.64 Å². The summed E-state index contributed by atoms with van der Waals surface area (Å²) in [7, 11) is 0. The second-order valence-electron chi connectivity index (χ2n) is 16.8. The molecule has 1 aliphatic heterocycles. The Kier molecular flexibility index (Phi) is 6.73. The highest BCUT2D eigenvalue weighted by molar-refractivity contribution is 5.89. The molecule has 3 aromatic rings. The molecule has 254 valence electrons. The van der Waals surface area contributed by atoms with Crippen molar-refractivity contribution in [3.63, 3.8) is 0 Å². The summed E-state index contributed by atoms with van der Waals surface area (Å²) < 4.78 is 6.75. The third-order valence-electron chi connectivity index (χ3n) is 12.9. The van der Waals surface area contributed by atoms with Gasteiger partial charge < -0.3 is 9.64 Å². The van der Waals surface area contributed by atoms with Crippen molar-refractivity contribution in [2.75, 3.05) is 4.90 Å². The second-order valence-corrected chi connectivity index (χ2v) is 16.8. The van der Waals surface area contributed by atoms with Gasteiger partial charge in [0.25, 0.3) is 0 Å². The number of allylic oxidation sites excluding steroid dienone is 14. The average Bonchev–Trinajstić information content (AvgIpc) is 3.70.